The first-order valence-corrected chi connectivity index (χ1v) is 11.3. The molecule has 160 valence electrons. The lowest BCUT2D eigenvalue weighted by Gasteiger charge is -2.15. The van der Waals surface area contributed by atoms with E-state index in [0.717, 1.165) is 22.3 Å². The predicted molar refractivity (Wildman–Crippen MR) is 126 cm³/mol. The van der Waals surface area contributed by atoms with Gasteiger partial charge in [0.15, 0.2) is 5.78 Å². The number of carbonyl (C=O) groups is 2. The minimum absolute atomic E-state index is 0.0555. The van der Waals surface area contributed by atoms with E-state index in [1.54, 1.807) is 18.1 Å². The fourth-order valence-electron chi connectivity index (χ4n) is 3.86. The molecule has 2 aromatic carbocycles. The standard InChI is InChI=1S/C25H21N3O3S/c29-24(18-14-28(32-16-18)21-12-6-7-13-26-21)22-19-10-4-5-11-20(19)27-23(22)25(30)31-15-17-8-2-1-3-9-17/h1-13,18,27H,14-16H2. The number of aromatic amines is 1. The summed E-state index contributed by atoms with van der Waals surface area (Å²) >= 11 is 1.58. The Morgan fingerprint density at radius 1 is 1.03 bits per heavy atom. The molecular formula is C25H21N3O3S. The van der Waals surface area contributed by atoms with Gasteiger partial charge in [0.05, 0.1) is 11.5 Å². The summed E-state index contributed by atoms with van der Waals surface area (Å²) in [6.07, 6.45) is 1.74. The van der Waals surface area contributed by atoms with Crippen LogP contribution in [0.2, 0.25) is 0 Å². The zero-order chi connectivity index (χ0) is 21.9. The number of pyridine rings is 1. The summed E-state index contributed by atoms with van der Waals surface area (Å²) in [6, 6.07) is 22.7. The van der Waals surface area contributed by atoms with Gasteiger partial charge in [-0.25, -0.2) is 9.78 Å². The molecule has 3 heterocycles. The Morgan fingerprint density at radius 3 is 2.62 bits per heavy atom. The summed E-state index contributed by atoms with van der Waals surface area (Å²) in [4.78, 5) is 34.1. The second-order valence-corrected chi connectivity index (χ2v) is 8.62. The number of fused-ring (bicyclic) bond motifs is 1. The Balaban J connectivity index is 1.41. The smallest absolute Gasteiger partial charge is 0.355 e. The number of ketones is 1. The first-order chi connectivity index (χ1) is 15.7. The van der Waals surface area contributed by atoms with Gasteiger partial charge in [-0.2, -0.15) is 0 Å². The van der Waals surface area contributed by atoms with Gasteiger partial charge in [-0.3, -0.25) is 9.10 Å². The maximum Gasteiger partial charge on any atom is 0.355 e. The molecule has 5 rings (SSSR count). The Labute approximate surface area is 189 Å². The number of esters is 1. The monoisotopic (exact) mass is 443 g/mol. The first-order valence-electron chi connectivity index (χ1n) is 10.4. The van der Waals surface area contributed by atoms with Gasteiger partial charge in [-0.05, 0) is 35.7 Å². The van der Waals surface area contributed by atoms with Crippen molar-refractivity contribution in [1.82, 2.24) is 9.97 Å². The number of anilines is 1. The van der Waals surface area contributed by atoms with Crippen molar-refractivity contribution >= 4 is 40.4 Å². The molecule has 1 atom stereocenters. The summed E-state index contributed by atoms with van der Waals surface area (Å²) in [5, 5.41) is 0.741. The molecule has 32 heavy (non-hydrogen) atoms. The van der Waals surface area contributed by atoms with Gasteiger partial charge in [0, 0.05) is 29.4 Å². The number of Topliss-reactive ketones (excluding diaryl/α,β-unsaturated/α-hetero) is 1. The van der Waals surface area contributed by atoms with Crippen LogP contribution in [0.15, 0.2) is 79.0 Å². The molecule has 0 amide bonds. The Morgan fingerprint density at radius 2 is 1.81 bits per heavy atom. The topological polar surface area (TPSA) is 75.3 Å². The first kappa shape index (κ1) is 20.3. The van der Waals surface area contributed by atoms with Crippen molar-refractivity contribution in [1.29, 1.82) is 0 Å². The molecule has 1 aliphatic heterocycles. The second kappa shape index (κ2) is 8.88. The minimum Gasteiger partial charge on any atom is -0.456 e. The lowest BCUT2D eigenvalue weighted by Crippen LogP contribution is -2.24. The Bertz CT molecular complexity index is 1260. The molecule has 1 aliphatic rings. The molecule has 0 saturated carbocycles. The number of hydrogen-bond donors (Lipinski definition) is 1. The van der Waals surface area contributed by atoms with Crippen LogP contribution >= 0.6 is 11.9 Å². The summed E-state index contributed by atoms with van der Waals surface area (Å²) in [6.45, 7) is 0.688. The van der Waals surface area contributed by atoms with E-state index in [1.807, 2.05) is 77.1 Å². The predicted octanol–water partition coefficient (Wildman–Crippen LogP) is 4.89. The SMILES string of the molecule is O=C(OCc1ccccc1)c1[nH]c2ccccc2c1C(=O)C1CSN(c2ccccn2)C1. The molecule has 1 N–H and O–H groups in total. The molecule has 0 bridgehead atoms. The molecule has 7 heteroatoms. The van der Waals surface area contributed by atoms with Gasteiger partial charge in [0.1, 0.15) is 18.1 Å². The molecule has 0 aliphatic carbocycles. The fraction of sp³-hybridized carbons (Fsp3) is 0.160. The van der Waals surface area contributed by atoms with Crippen LogP contribution < -0.4 is 4.31 Å². The lowest BCUT2D eigenvalue weighted by atomic mass is 9.96. The van der Waals surface area contributed by atoms with Crippen LogP contribution in [-0.2, 0) is 11.3 Å². The highest BCUT2D eigenvalue weighted by molar-refractivity contribution is 8.00. The number of para-hydroxylation sites is 1. The van der Waals surface area contributed by atoms with Crippen LogP contribution in [0.3, 0.4) is 0 Å². The third kappa shape index (κ3) is 3.99. The summed E-state index contributed by atoms with van der Waals surface area (Å²) < 4.78 is 7.57. The molecule has 0 spiro atoms. The summed E-state index contributed by atoms with van der Waals surface area (Å²) in [7, 11) is 0. The van der Waals surface area contributed by atoms with E-state index >= 15 is 0 Å². The zero-order valence-corrected chi connectivity index (χ0v) is 18.0. The van der Waals surface area contributed by atoms with E-state index in [0.29, 0.717) is 17.9 Å². The van der Waals surface area contributed by atoms with Gasteiger partial charge < -0.3 is 9.72 Å². The molecule has 4 aromatic rings. The van der Waals surface area contributed by atoms with Crippen LogP contribution in [0.4, 0.5) is 5.82 Å². The number of H-pyrrole nitrogens is 1. The molecule has 0 radical (unpaired) electrons. The van der Waals surface area contributed by atoms with E-state index in [4.69, 9.17) is 4.74 Å². The van der Waals surface area contributed by atoms with Gasteiger partial charge in [-0.15, -0.1) is 0 Å². The van der Waals surface area contributed by atoms with Crippen molar-refractivity contribution < 1.29 is 14.3 Å². The number of benzene rings is 2. The van der Waals surface area contributed by atoms with E-state index in [1.165, 1.54) is 0 Å². The number of nitrogens with one attached hydrogen (secondary N) is 1. The van der Waals surface area contributed by atoms with Crippen molar-refractivity contribution in [3.05, 3.63) is 95.8 Å². The third-order valence-corrected chi connectivity index (χ3v) is 6.66. The molecular weight excluding hydrogens is 422 g/mol. The van der Waals surface area contributed by atoms with Crippen LogP contribution in [0.5, 0.6) is 0 Å². The quantitative estimate of drug-likeness (QED) is 0.260. The van der Waals surface area contributed by atoms with Gasteiger partial charge in [0.2, 0.25) is 0 Å². The normalized spacial score (nSPS) is 15.8. The molecule has 1 fully saturated rings. The van der Waals surface area contributed by atoms with Crippen molar-refractivity contribution in [3.8, 4) is 0 Å². The lowest BCUT2D eigenvalue weighted by molar-refractivity contribution is 0.0463. The average Bonchev–Trinajstić information content (AvgIpc) is 3.49. The highest BCUT2D eigenvalue weighted by Gasteiger charge is 2.35. The number of aromatic nitrogens is 2. The van der Waals surface area contributed by atoms with Crippen LogP contribution in [-0.4, -0.2) is 34.0 Å². The van der Waals surface area contributed by atoms with E-state index in [2.05, 4.69) is 9.97 Å². The summed E-state index contributed by atoms with van der Waals surface area (Å²) in [5.41, 5.74) is 2.26. The molecule has 2 aromatic heterocycles. The highest BCUT2D eigenvalue weighted by Crippen LogP contribution is 2.34. The van der Waals surface area contributed by atoms with Crippen molar-refractivity contribution in [2.45, 2.75) is 6.61 Å². The number of nitrogens with zero attached hydrogens (tertiary/aromatic N) is 2. The minimum atomic E-state index is -0.527. The van der Waals surface area contributed by atoms with Crippen molar-refractivity contribution in [2.75, 3.05) is 16.6 Å². The highest BCUT2D eigenvalue weighted by atomic mass is 32.2. The largest absolute Gasteiger partial charge is 0.456 e. The van der Waals surface area contributed by atoms with E-state index in [9.17, 15) is 9.59 Å². The number of carbonyl (C=O) groups excluding carboxylic acids is 2. The second-order valence-electron chi connectivity index (χ2n) is 7.59. The van der Waals surface area contributed by atoms with E-state index < -0.39 is 5.97 Å². The fourth-order valence-corrected chi connectivity index (χ4v) is 5.00. The Hall–Kier alpha value is -3.58. The zero-order valence-electron chi connectivity index (χ0n) is 17.2. The van der Waals surface area contributed by atoms with Crippen LogP contribution in [0.25, 0.3) is 10.9 Å². The molecule has 1 unspecified atom stereocenters. The van der Waals surface area contributed by atoms with Crippen molar-refractivity contribution in [2.24, 2.45) is 5.92 Å². The van der Waals surface area contributed by atoms with Crippen LogP contribution in [0, 0.1) is 5.92 Å². The average molecular weight is 444 g/mol. The van der Waals surface area contributed by atoms with E-state index in [-0.39, 0.29) is 24.0 Å². The number of rotatable bonds is 6. The molecule has 6 nitrogen and oxygen atoms in total. The third-order valence-electron chi connectivity index (χ3n) is 5.46. The van der Waals surface area contributed by atoms with Gasteiger partial charge >= 0.3 is 5.97 Å². The van der Waals surface area contributed by atoms with Gasteiger partial charge in [0.25, 0.3) is 0 Å². The maximum atomic E-state index is 13.6. The van der Waals surface area contributed by atoms with Crippen molar-refractivity contribution in [3.63, 3.8) is 0 Å². The summed E-state index contributed by atoms with van der Waals surface area (Å²) in [5.74, 6) is 0.629. The number of ether oxygens (including phenoxy) is 1. The number of hydrogen-bond acceptors (Lipinski definition) is 6. The van der Waals surface area contributed by atoms with Gasteiger partial charge in [-0.1, -0.05) is 54.6 Å². The molecule has 1 saturated heterocycles. The maximum absolute atomic E-state index is 13.6. The van der Waals surface area contributed by atoms with Crippen LogP contribution in [0.1, 0.15) is 26.4 Å². The Kier molecular flexibility index (Phi) is 5.64.